The fourth-order valence-electron chi connectivity index (χ4n) is 1.79. The lowest BCUT2D eigenvalue weighted by Crippen LogP contribution is -2.17. The molecule has 1 aromatic carbocycles. The Balaban J connectivity index is 2.26. The van der Waals surface area contributed by atoms with Crippen LogP contribution in [0.15, 0.2) is 30.5 Å². The summed E-state index contributed by atoms with van der Waals surface area (Å²) in [5, 5.41) is 4.04. The van der Waals surface area contributed by atoms with E-state index >= 15 is 0 Å². The second-order valence-corrected chi connectivity index (χ2v) is 4.26. The van der Waals surface area contributed by atoms with E-state index in [4.69, 9.17) is 9.47 Å². The number of ether oxygens (including phenoxy) is 3. The average Bonchev–Trinajstić information content (AvgIpc) is 2.91. The van der Waals surface area contributed by atoms with Crippen molar-refractivity contribution in [1.29, 1.82) is 0 Å². The van der Waals surface area contributed by atoms with Crippen molar-refractivity contribution in [3.05, 3.63) is 36.0 Å². The van der Waals surface area contributed by atoms with E-state index in [0.29, 0.717) is 5.69 Å². The van der Waals surface area contributed by atoms with Crippen molar-refractivity contribution < 1.29 is 32.2 Å². The van der Waals surface area contributed by atoms with Crippen molar-refractivity contribution in [3.8, 4) is 17.3 Å². The Labute approximate surface area is 129 Å². The Hall–Kier alpha value is -2.71. The molecule has 124 valence electrons. The van der Waals surface area contributed by atoms with E-state index in [1.807, 2.05) is 0 Å². The van der Waals surface area contributed by atoms with Crippen molar-refractivity contribution >= 4 is 5.97 Å². The second kappa shape index (κ2) is 6.59. The van der Waals surface area contributed by atoms with Crippen molar-refractivity contribution in [2.75, 3.05) is 13.7 Å². The fraction of sp³-hybridized carbons (Fsp3) is 0.286. The number of benzene rings is 1. The van der Waals surface area contributed by atoms with Gasteiger partial charge in [-0.25, -0.2) is 9.48 Å². The van der Waals surface area contributed by atoms with Crippen LogP contribution in [-0.2, 0) is 4.74 Å². The molecule has 0 aliphatic heterocycles. The minimum absolute atomic E-state index is 0.0547. The van der Waals surface area contributed by atoms with E-state index in [2.05, 4.69) is 9.84 Å². The van der Waals surface area contributed by atoms with Gasteiger partial charge >= 0.3 is 12.3 Å². The minimum Gasteiger partial charge on any atom is -0.479 e. The van der Waals surface area contributed by atoms with Crippen LogP contribution in [-0.4, -0.2) is 35.8 Å². The first-order chi connectivity index (χ1) is 10.8. The highest BCUT2D eigenvalue weighted by Crippen LogP contribution is 2.25. The summed E-state index contributed by atoms with van der Waals surface area (Å²) in [4.78, 5) is 11.8. The molecule has 0 aliphatic carbocycles. The number of aromatic nitrogens is 2. The Morgan fingerprint density at radius 2 is 1.91 bits per heavy atom. The van der Waals surface area contributed by atoms with Gasteiger partial charge in [-0.15, -0.1) is 18.3 Å². The van der Waals surface area contributed by atoms with Gasteiger partial charge in [-0.1, -0.05) is 0 Å². The monoisotopic (exact) mass is 330 g/mol. The molecule has 2 aromatic rings. The number of carbonyl (C=O) groups is 1. The first kappa shape index (κ1) is 16.7. The highest BCUT2D eigenvalue weighted by molar-refractivity contribution is 5.91. The number of methoxy groups -OCH3 is 1. The maximum absolute atomic E-state index is 12.1. The van der Waals surface area contributed by atoms with Gasteiger partial charge in [0.25, 0.3) is 0 Å². The largest absolute Gasteiger partial charge is 0.573 e. The predicted molar refractivity (Wildman–Crippen MR) is 72.8 cm³/mol. The zero-order chi connectivity index (χ0) is 17.0. The molecule has 0 spiro atoms. The first-order valence-electron chi connectivity index (χ1n) is 6.51. The second-order valence-electron chi connectivity index (χ2n) is 4.26. The van der Waals surface area contributed by atoms with Crippen LogP contribution in [0.4, 0.5) is 13.2 Å². The zero-order valence-corrected chi connectivity index (χ0v) is 12.3. The summed E-state index contributed by atoms with van der Waals surface area (Å²) in [6, 6.07) is 5.01. The summed E-state index contributed by atoms with van der Waals surface area (Å²) >= 11 is 0. The number of halogens is 3. The smallest absolute Gasteiger partial charge is 0.479 e. The van der Waals surface area contributed by atoms with Gasteiger partial charge in [0.1, 0.15) is 11.3 Å². The van der Waals surface area contributed by atoms with Crippen LogP contribution in [0.3, 0.4) is 0 Å². The van der Waals surface area contributed by atoms with Crippen LogP contribution in [0.1, 0.15) is 17.3 Å². The molecular formula is C14H13F3N2O4. The average molecular weight is 330 g/mol. The third-order valence-corrected chi connectivity index (χ3v) is 2.70. The number of nitrogens with zero attached hydrogens (tertiary/aromatic N) is 2. The fourth-order valence-corrected chi connectivity index (χ4v) is 1.79. The number of esters is 1. The van der Waals surface area contributed by atoms with Gasteiger partial charge in [0.15, 0.2) is 0 Å². The van der Waals surface area contributed by atoms with Gasteiger partial charge in [-0.05, 0) is 31.2 Å². The van der Waals surface area contributed by atoms with Crippen LogP contribution >= 0.6 is 0 Å². The summed E-state index contributed by atoms with van der Waals surface area (Å²) in [7, 11) is 1.34. The summed E-state index contributed by atoms with van der Waals surface area (Å²) < 4.78 is 51.3. The standard InChI is InChI=1S/C14H13F3N2O4/c1-3-22-13(20)11-8-19(18-12(11)21-2)9-4-6-10(7-5-9)23-14(15,16)17/h4-8H,3H2,1-2H3. The number of carbonyl (C=O) groups excluding carboxylic acids is 1. The normalized spacial score (nSPS) is 11.2. The summed E-state index contributed by atoms with van der Waals surface area (Å²) in [5.74, 6) is -0.905. The van der Waals surface area contributed by atoms with E-state index in [-0.39, 0.29) is 23.8 Å². The SMILES string of the molecule is CCOC(=O)c1cn(-c2ccc(OC(F)(F)F)cc2)nc1OC. The molecule has 0 fully saturated rings. The molecule has 9 heteroatoms. The summed E-state index contributed by atoms with van der Waals surface area (Å²) in [6.07, 6.45) is -3.38. The first-order valence-corrected chi connectivity index (χ1v) is 6.51. The third-order valence-electron chi connectivity index (χ3n) is 2.70. The summed E-state index contributed by atoms with van der Waals surface area (Å²) in [6.45, 7) is 1.85. The van der Waals surface area contributed by atoms with Crippen molar-refractivity contribution in [2.45, 2.75) is 13.3 Å². The van der Waals surface area contributed by atoms with Crippen LogP contribution in [0, 0.1) is 0 Å². The van der Waals surface area contributed by atoms with E-state index in [1.54, 1.807) is 6.92 Å². The Morgan fingerprint density at radius 3 is 2.43 bits per heavy atom. The van der Waals surface area contributed by atoms with Crippen LogP contribution in [0.5, 0.6) is 11.6 Å². The molecule has 2 rings (SSSR count). The van der Waals surface area contributed by atoms with E-state index in [1.165, 1.54) is 30.1 Å². The molecule has 0 radical (unpaired) electrons. The van der Waals surface area contributed by atoms with Crippen LogP contribution < -0.4 is 9.47 Å². The van der Waals surface area contributed by atoms with Gasteiger partial charge in [-0.2, -0.15) is 0 Å². The molecule has 1 heterocycles. The lowest BCUT2D eigenvalue weighted by molar-refractivity contribution is -0.274. The molecule has 0 bridgehead atoms. The van der Waals surface area contributed by atoms with Crippen molar-refractivity contribution in [1.82, 2.24) is 9.78 Å². The van der Waals surface area contributed by atoms with Gasteiger partial charge in [0.2, 0.25) is 5.88 Å². The number of hydrogen-bond acceptors (Lipinski definition) is 5. The molecule has 0 amide bonds. The number of alkyl halides is 3. The highest BCUT2D eigenvalue weighted by Gasteiger charge is 2.31. The molecule has 0 saturated carbocycles. The maximum atomic E-state index is 12.1. The van der Waals surface area contributed by atoms with E-state index in [9.17, 15) is 18.0 Å². The van der Waals surface area contributed by atoms with E-state index in [0.717, 1.165) is 12.1 Å². The third kappa shape index (κ3) is 4.15. The lowest BCUT2D eigenvalue weighted by Gasteiger charge is -2.09. The van der Waals surface area contributed by atoms with Gasteiger partial charge in [0, 0.05) is 6.20 Å². The van der Waals surface area contributed by atoms with Gasteiger partial charge in [-0.3, -0.25) is 0 Å². The minimum atomic E-state index is -4.76. The van der Waals surface area contributed by atoms with Gasteiger partial charge < -0.3 is 14.2 Å². The molecule has 0 atom stereocenters. The highest BCUT2D eigenvalue weighted by atomic mass is 19.4. The molecule has 0 saturated heterocycles. The topological polar surface area (TPSA) is 62.6 Å². The van der Waals surface area contributed by atoms with E-state index < -0.39 is 12.3 Å². The number of hydrogen-bond donors (Lipinski definition) is 0. The zero-order valence-electron chi connectivity index (χ0n) is 12.3. The Morgan fingerprint density at radius 1 is 1.26 bits per heavy atom. The molecule has 0 N–H and O–H groups in total. The van der Waals surface area contributed by atoms with Crippen LogP contribution in [0.2, 0.25) is 0 Å². The quantitative estimate of drug-likeness (QED) is 0.789. The molecule has 23 heavy (non-hydrogen) atoms. The summed E-state index contributed by atoms with van der Waals surface area (Å²) in [5.41, 5.74) is 0.540. The predicted octanol–water partition coefficient (Wildman–Crippen LogP) is 2.96. The van der Waals surface area contributed by atoms with Crippen molar-refractivity contribution in [3.63, 3.8) is 0 Å². The van der Waals surface area contributed by atoms with Crippen LogP contribution in [0.25, 0.3) is 5.69 Å². The Bertz CT molecular complexity index is 680. The maximum Gasteiger partial charge on any atom is 0.573 e. The van der Waals surface area contributed by atoms with Crippen molar-refractivity contribution in [2.24, 2.45) is 0 Å². The molecular weight excluding hydrogens is 317 g/mol. The molecule has 1 aromatic heterocycles. The number of rotatable bonds is 5. The Kier molecular flexibility index (Phi) is 4.77. The lowest BCUT2D eigenvalue weighted by atomic mass is 10.3. The van der Waals surface area contributed by atoms with Gasteiger partial charge in [0.05, 0.1) is 19.4 Å². The molecule has 6 nitrogen and oxygen atoms in total. The molecule has 0 aliphatic rings. The molecule has 0 unspecified atom stereocenters.